The van der Waals surface area contributed by atoms with E-state index in [9.17, 15) is 0 Å². The van der Waals surface area contributed by atoms with E-state index in [1.54, 1.807) is 0 Å². The van der Waals surface area contributed by atoms with Crippen LogP contribution in [0.25, 0.3) is 0 Å². The van der Waals surface area contributed by atoms with E-state index >= 15 is 0 Å². The Balaban J connectivity index is 2.04. The van der Waals surface area contributed by atoms with Gasteiger partial charge in [0.05, 0.1) is 0 Å². The highest BCUT2D eigenvalue weighted by Crippen LogP contribution is 2.52. The van der Waals surface area contributed by atoms with Gasteiger partial charge in [-0.05, 0) is 36.5 Å². The van der Waals surface area contributed by atoms with Crippen molar-refractivity contribution in [2.45, 2.75) is 12.8 Å². The molecular weight excluding hydrogens is 120 g/mol. The molecule has 0 heterocycles. The molecular formula is C10H12. The quantitative estimate of drug-likeness (QED) is 0.444. The van der Waals surface area contributed by atoms with Gasteiger partial charge in [-0.25, -0.2) is 0 Å². The average molecular weight is 132 g/mol. The summed E-state index contributed by atoms with van der Waals surface area (Å²) in [7, 11) is 0. The smallest absolute Gasteiger partial charge is 0.0133 e. The minimum atomic E-state index is 0.925. The third-order valence-electron chi connectivity index (χ3n) is 3.46. The molecule has 0 aromatic rings. The van der Waals surface area contributed by atoms with Crippen LogP contribution >= 0.6 is 0 Å². The van der Waals surface area contributed by atoms with Gasteiger partial charge < -0.3 is 0 Å². The van der Waals surface area contributed by atoms with Gasteiger partial charge in [0.1, 0.15) is 0 Å². The summed E-state index contributed by atoms with van der Waals surface area (Å²) in [6.07, 6.45) is 12.5. The van der Waals surface area contributed by atoms with Gasteiger partial charge in [-0.3, -0.25) is 0 Å². The van der Waals surface area contributed by atoms with Gasteiger partial charge in [-0.1, -0.05) is 24.3 Å². The van der Waals surface area contributed by atoms with Crippen LogP contribution in [0.3, 0.4) is 0 Å². The van der Waals surface area contributed by atoms with E-state index in [1.807, 2.05) is 0 Å². The zero-order valence-corrected chi connectivity index (χ0v) is 6.03. The minimum Gasteiger partial charge on any atom is -0.0879 e. The van der Waals surface area contributed by atoms with Crippen molar-refractivity contribution < 1.29 is 0 Å². The summed E-state index contributed by atoms with van der Waals surface area (Å²) < 4.78 is 0. The SMILES string of the molecule is C1=C[C@@H]2[C@H](C1)[C@H]1C=C[C@@H]2C1. The zero-order chi connectivity index (χ0) is 6.55. The van der Waals surface area contributed by atoms with Crippen LogP contribution in [0.2, 0.25) is 0 Å². The first-order chi connectivity index (χ1) is 4.95. The Bertz CT molecular complexity index is 212. The van der Waals surface area contributed by atoms with E-state index < -0.39 is 0 Å². The highest BCUT2D eigenvalue weighted by Gasteiger charge is 2.44. The Morgan fingerprint density at radius 3 is 2.80 bits per heavy atom. The van der Waals surface area contributed by atoms with E-state index in [0.29, 0.717) is 0 Å². The highest BCUT2D eigenvalue weighted by molar-refractivity contribution is 5.21. The second-order valence-electron chi connectivity index (χ2n) is 3.85. The molecule has 1 fully saturated rings. The fraction of sp³-hybridized carbons (Fsp3) is 0.600. The summed E-state index contributed by atoms with van der Waals surface area (Å²) in [5, 5.41) is 0. The molecule has 0 aromatic heterocycles. The molecule has 3 rings (SSSR count). The largest absolute Gasteiger partial charge is 0.0879 e. The molecule has 52 valence electrons. The molecule has 0 spiro atoms. The van der Waals surface area contributed by atoms with Crippen molar-refractivity contribution in [3.63, 3.8) is 0 Å². The molecule has 0 aromatic carbocycles. The van der Waals surface area contributed by atoms with Crippen molar-refractivity contribution in [3.05, 3.63) is 24.3 Å². The molecule has 0 radical (unpaired) electrons. The molecule has 1 saturated carbocycles. The zero-order valence-electron chi connectivity index (χ0n) is 6.03. The normalized spacial score (nSPS) is 54.4. The van der Waals surface area contributed by atoms with Crippen molar-refractivity contribution in [1.82, 2.24) is 0 Å². The van der Waals surface area contributed by atoms with Crippen LogP contribution < -0.4 is 0 Å². The van der Waals surface area contributed by atoms with Crippen LogP contribution in [0.4, 0.5) is 0 Å². The van der Waals surface area contributed by atoms with Crippen molar-refractivity contribution >= 4 is 0 Å². The fourth-order valence-electron chi connectivity index (χ4n) is 2.97. The first-order valence-electron chi connectivity index (χ1n) is 4.30. The minimum absolute atomic E-state index is 0.925. The Hall–Kier alpha value is -0.520. The van der Waals surface area contributed by atoms with Crippen molar-refractivity contribution in [1.29, 1.82) is 0 Å². The average Bonchev–Trinajstić information content (AvgIpc) is 2.60. The maximum absolute atomic E-state index is 2.44. The predicted molar refractivity (Wildman–Crippen MR) is 41.5 cm³/mol. The van der Waals surface area contributed by atoms with Crippen LogP contribution in [-0.2, 0) is 0 Å². The monoisotopic (exact) mass is 132 g/mol. The third kappa shape index (κ3) is 0.448. The lowest BCUT2D eigenvalue weighted by Crippen LogP contribution is -2.12. The van der Waals surface area contributed by atoms with Crippen LogP contribution in [0.1, 0.15) is 12.8 Å². The highest BCUT2D eigenvalue weighted by atomic mass is 14.5. The molecule has 0 saturated heterocycles. The third-order valence-corrected chi connectivity index (χ3v) is 3.46. The Morgan fingerprint density at radius 1 is 1.00 bits per heavy atom. The van der Waals surface area contributed by atoms with Crippen LogP contribution in [0.5, 0.6) is 0 Å². The molecule has 3 aliphatic rings. The number of allylic oxidation sites excluding steroid dienone is 4. The van der Waals surface area contributed by atoms with E-state index in [4.69, 9.17) is 0 Å². The molecule has 10 heavy (non-hydrogen) atoms. The Morgan fingerprint density at radius 2 is 1.90 bits per heavy atom. The van der Waals surface area contributed by atoms with E-state index in [2.05, 4.69) is 24.3 Å². The summed E-state index contributed by atoms with van der Waals surface area (Å²) in [6, 6.07) is 0. The van der Waals surface area contributed by atoms with Crippen LogP contribution in [0, 0.1) is 23.7 Å². The summed E-state index contributed by atoms with van der Waals surface area (Å²) in [6.45, 7) is 0. The molecule has 0 unspecified atom stereocenters. The first-order valence-corrected chi connectivity index (χ1v) is 4.30. The van der Waals surface area contributed by atoms with E-state index in [-0.39, 0.29) is 0 Å². The van der Waals surface area contributed by atoms with Gasteiger partial charge in [-0.2, -0.15) is 0 Å². The van der Waals surface area contributed by atoms with Gasteiger partial charge in [0, 0.05) is 0 Å². The van der Waals surface area contributed by atoms with Crippen LogP contribution in [0.15, 0.2) is 24.3 Å². The van der Waals surface area contributed by atoms with Crippen molar-refractivity contribution in [2.75, 3.05) is 0 Å². The van der Waals surface area contributed by atoms with Crippen molar-refractivity contribution in [3.8, 4) is 0 Å². The molecule has 4 atom stereocenters. The molecule has 0 heteroatoms. The van der Waals surface area contributed by atoms with Gasteiger partial charge >= 0.3 is 0 Å². The lowest BCUT2D eigenvalue weighted by molar-refractivity contribution is 0.398. The maximum Gasteiger partial charge on any atom is -0.0133 e. The summed E-state index contributed by atoms with van der Waals surface area (Å²) in [5.74, 6) is 3.82. The lowest BCUT2D eigenvalue weighted by Gasteiger charge is -2.18. The first kappa shape index (κ1) is 5.17. The van der Waals surface area contributed by atoms with Crippen LogP contribution in [-0.4, -0.2) is 0 Å². The predicted octanol–water partition coefficient (Wildman–Crippen LogP) is 2.38. The summed E-state index contributed by atoms with van der Waals surface area (Å²) >= 11 is 0. The van der Waals surface area contributed by atoms with E-state index in [0.717, 1.165) is 23.7 Å². The lowest BCUT2D eigenvalue weighted by atomic mass is 9.86. The van der Waals surface area contributed by atoms with E-state index in [1.165, 1.54) is 12.8 Å². The van der Waals surface area contributed by atoms with Gasteiger partial charge in [0.15, 0.2) is 0 Å². The summed E-state index contributed by atoms with van der Waals surface area (Å²) in [4.78, 5) is 0. The topological polar surface area (TPSA) is 0 Å². The standard InChI is InChI=1S/C10H12/c1-2-9-7-4-5-8(6-7)10(9)3-1/h1-2,4-5,7-10H,3,6H2/t7-,8+,9+,10-/m1/s1. The second kappa shape index (κ2) is 1.55. The molecule has 0 N–H and O–H groups in total. The molecule has 0 amide bonds. The maximum atomic E-state index is 2.44. The Kier molecular flexibility index (Phi) is 0.803. The fourth-order valence-corrected chi connectivity index (χ4v) is 2.97. The molecule has 3 aliphatic carbocycles. The Labute approximate surface area is 61.6 Å². The number of rotatable bonds is 0. The molecule has 0 aliphatic heterocycles. The summed E-state index contributed by atoms with van der Waals surface area (Å²) in [5.41, 5.74) is 0. The molecule has 0 nitrogen and oxygen atoms in total. The number of hydrogen-bond donors (Lipinski definition) is 0. The van der Waals surface area contributed by atoms with Gasteiger partial charge in [-0.15, -0.1) is 0 Å². The molecule has 2 bridgehead atoms. The van der Waals surface area contributed by atoms with Gasteiger partial charge in [0.25, 0.3) is 0 Å². The second-order valence-corrected chi connectivity index (χ2v) is 3.85. The number of hydrogen-bond acceptors (Lipinski definition) is 0. The van der Waals surface area contributed by atoms with Gasteiger partial charge in [0.2, 0.25) is 0 Å². The number of fused-ring (bicyclic) bond motifs is 5. The van der Waals surface area contributed by atoms with Crippen molar-refractivity contribution in [2.24, 2.45) is 23.7 Å².